The number of nitrogens with zero attached hydrogens (tertiary/aromatic N) is 1. The van der Waals surface area contributed by atoms with E-state index in [2.05, 4.69) is 25.1 Å². The molecule has 0 N–H and O–H groups in total. The average molecular weight is 379 g/mol. The maximum absolute atomic E-state index is 11.4. The third-order valence-electron chi connectivity index (χ3n) is 5.20. The summed E-state index contributed by atoms with van der Waals surface area (Å²) in [6, 6.07) is 9.47. The fraction of sp³-hybridized carbons (Fsp3) is 0.391. The van der Waals surface area contributed by atoms with Crippen LogP contribution in [0.1, 0.15) is 50.3 Å². The molecule has 0 spiro atoms. The van der Waals surface area contributed by atoms with Crippen molar-refractivity contribution in [2.45, 2.75) is 45.6 Å². The Morgan fingerprint density at radius 1 is 1.21 bits per heavy atom. The zero-order valence-electron chi connectivity index (χ0n) is 16.6. The van der Waals surface area contributed by atoms with Gasteiger partial charge in [0.2, 0.25) is 0 Å². The average Bonchev–Trinajstić information content (AvgIpc) is 2.70. The highest BCUT2D eigenvalue weighted by Crippen LogP contribution is 2.44. The molecule has 5 nitrogen and oxygen atoms in total. The number of fused-ring (bicyclic) bond motifs is 3. The van der Waals surface area contributed by atoms with Gasteiger partial charge in [0.1, 0.15) is 35.1 Å². The van der Waals surface area contributed by atoms with Gasteiger partial charge in [0.15, 0.2) is 0 Å². The normalized spacial score (nSPS) is 16.8. The Morgan fingerprint density at radius 2 is 2.07 bits per heavy atom. The lowest BCUT2D eigenvalue weighted by Crippen LogP contribution is -2.33. The largest absolute Gasteiger partial charge is 0.494 e. The second-order valence-electron chi connectivity index (χ2n) is 7.90. The van der Waals surface area contributed by atoms with E-state index in [1.165, 1.54) is 0 Å². The van der Waals surface area contributed by atoms with Crippen molar-refractivity contribution in [3.05, 3.63) is 51.9 Å². The van der Waals surface area contributed by atoms with Gasteiger partial charge in [-0.15, -0.1) is 4.91 Å². The van der Waals surface area contributed by atoms with Gasteiger partial charge in [-0.1, -0.05) is 6.92 Å². The molecule has 0 saturated carbocycles. The van der Waals surface area contributed by atoms with Crippen LogP contribution in [0.15, 0.2) is 35.5 Å². The second kappa shape index (κ2) is 7.30. The van der Waals surface area contributed by atoms with Crippen molar-refractivity contribution in [2.24, 2.45) is 5.18 Å². The SMILES string of the molecule is CCCOc1ccc(C2=Cc3ccc4c(c3OC2)CCC(C)(C)O4)c(N=O)c1. The summed E-state index contributed by atoms with van der Waals surface area (Å²) in [5, 5.41) is 3.21. The van der Waals surface area contributed by atoms with E-state index in [-0.39, 0.29) is 5.60 Å². The molecular weight excluding hydrogens is 354 g/mol. The Bertz CT molecular complexity index is 946. The third kappa shape index (κ3) is 3.49. The summed E-state index contributed by atoms with van der Waals surface area (Å²) in [5.41, 5.74) is 4.06. The molecule has 0 unspecified atom stereocenters. The van der Waals surface area contributed by atoms with E-state index in [4.69, 9.17) is 14.2 Å². The molecule has 28 heavy (non-hydrogen) atoms. The van der Waals surface area contributed by atoms with Crippen molar-refractivity contribution in [1.82, 2.24) is 0 Å². The molecule has 2 heterocycles. The molecule has 146 valence electrons. The van der Waals surface area contributed by atoms with E-state index >= 15 is 0 Å². The van der Waals surface area contributed by atoms with E-state index < -0.39 is 0 Å². The molecule has 2 aromatic carbocycles. The van der Waals surface area contributed by atoms with Crippen LogP contribution in [0.2, 0.25) is 0 Å². The topological polar surface area (TPSA) is 57.1 Å². The lowest BCUT2D eigenvalue weighted by atomic mass is 9.91. The molecule has 0 atom stereocenters. The predicted molar refractivity (Wildman–Crippen MR) is 111 cm³/mol. The molecule has 0 saturated heterocycles. The molecule has 2 aromatic rings. The van der Waals surface area contributed by atoms with Gasteiger partial charge >= 0.3 is 0 Å². The van der Waals surface area contributed by atoms with E-state index in [1.54, 1.807) is 6.07 Å². The molecule has 0 amide bonds. The third-order valence-corrected chi connectivity index (χ3v) is 5.20. The van der Waals surface area contributed by atoms with E-state index in [0.717, 1.165) is 53.0 Å². The second-order valence-corrected chi connectivity index (χ2v) is 7.90. The zero-order chi connectivity index (χ0) is 19.7. The molecule has 0 bridgehead atoms. The molecular formula is C23H25NO4. The summed E-state index contributed by atoms with van der Waals surface area (Å²) in [7, 11) is 0. The Hall–Kier alpha value is -2.82. The summed E-state index contributed by atoms with van der Waals surface area (Å²) in [5.74, 6) is 2.45. The fourth-order valence-corrected chi connectivity index (χ4v) is 3.72. The first-order valence-corrected chi connectivity index (χ1v) is 9.79. The highest BCUT2D eigenvalue weighted by molar-refractivity contribution is 5.90. The minimum atomic E-state index is -0.150. The van der Waals surface area contributed by atoms with Crippen molar-refractivity contribution in [2.75, 3.05) is 13.2 Å². The Kier molecular flexibility index (Phi) is 4.84. The minimum Gasteiger partial charge on any atom is -0.494 e. The van der Waals surface area contributed by atoms with Crippen LogP contribution in [0.5, 0.6) is 17.2 Å². The Balaban J connectivity index is 1.67. The summed E-state index contributed by atoms with van der Waals surface area (Å²) in [6.07, 6.45) is 4.87. The van der Waals surface area contributed by atoms with Gasteiger partial charge in [0, 0.05) is 22.8 Å². The number of nitroso groups, excluding NO2 is 1. The summed E-state index contributed by atoms with van der Waals surface area (Å²) < 4.78 is 17.8. The zero-order valence-corrected chi connectivity index (χ0v) is 16.6. The molecule has 0 aromatic heterocycles. The van der Waals surface area contributed by atoms with E-state index in [0.29, 0.717) is 24.7 Å². The van der Waals surface area contributed by atoms with Crippen molar-refractivity contribution >= 4 is 17.3 Å². The monoisotopic (exact) mass is 379 g/mol. The molecule has 4 rings (SSSR count). The Morgan fingerprint density at radius 3 is 2.86 bits per heavy atom. The van der Waals surface area contributed by atoms with Crippen LogP contribution in [0.4, 0.5) is 5.69 Å². The number of hydrogen-bond acceptors (Lipinski definition) is 5. The predicted octanol–water partition coefficient (Wildman–Crippen LogP) is 5.91. The Labute approximate surface area is 165 Å². The van der Waals surface area contributed by atoms with Crippen LogP contribution in [-0.2, 0) is 6.42 Å². The van der Waals surface area contributed by atoms with Crippen LogP contribution in [0.25, 0.3) is 11.6 Å². The smallest absolute Gasteiger partial charge is 0.133 e. The van der Waals surface area contributed by atoms with Gasteiger partial charge in [-0.3, -0.25) is 0 Å². The number of ether oxygens (including phenoxy) is 3. The first-order chi connectivity index (χ1) is 13.5. The van der Waals surface area contributed by atoms with Crippen molar-refractivity contribution in [3.8, 4) is 17.2 Å². The summed E-state index contributed by atoms with van der Waals surface area (Å²) >= 11 is 0. The van der Waals surface area contributed by atoms with E-state index in [1.807, 2.05) is 31.2 Å². The molecule has 0 fully saturated rings. The quantitative estimate of drug-likeness (QED) is 0.606. The summed E-state index contributed by atoms with van der Waals surface area (Å²) in [4.78, 5) is 11.4. The minimum absolute atomic E-state index is 0.150. The first-order valence-electron chi connectivity index (χ1n) is 9.79. The summed E-state index contributed by atoms with van der Waals surface area (Å²) in [6.45, 7) is 7.26. The van der Waals surface area contributed by atoms with Gasteiger partial charge in [0.05, 0.1) is 6.61 Å². The van der Waals surface area contributed by atoms with Gasteiger partial charge in [-0.25, -0.2) is 0 Å². The lowest BCUT2D eigenvalue weighted by Gasteiger charge is -2.34. The van der Waals surface area contributed by atoms with Gasteiger partial charge in [-0.2, -0.15) is 0 Å². The van der Waals surface area contributed by atoms with Crippen molar-refractivity contribution in [1.29, 1.82) is 0 Å². The van der Waals surface area contributed by atoms with Gasteiger partial charge in [0.25, 0.3) is 0 Å². The standard InChI is InChI=1S/C23H25NO4/c1-4-11-26-17-6-7-18(20(13-17)24-25)16-12-15-5-8-21-19(22(15)27-14-16)9-10-23(2,3)28-21/h5-8,12-13H,4,9-11,14H2,1-3H3. The molecule has 5 heteroatoms. The van der Waals surface area contributed by atoms with Gasteiger partial charge in [-0.05, 0) is 74.2 Å². The molecule has 2 aliphatic heterocycles. The van der Waals surface area contributed by atoms with Crippen molar-refractivity contribution in [3.63, 3.8) is 0 Å². The molecule has 2 aliphatic rings. The molecule has 0 radical (unpaired) electrons. The maximum atomic E-state index is 11.4. The first kappa shape index (κ1) is 18.5. The van der Waals surface area contributed by atoms with Crippen LogP contribution in [0, 0.1) is 4.91 Å². The van der Waals surface area contributed by atoms with Gasteiger partial charge < -0.3 is 14.2 Å². The van der Waals surface area contributed by atoms with Crippen LogP contribution >= 0.6 is 0 Å². The van der Waals surface area contributed by atoms with Crippen LogP contribution in [0.3, 0.4) is 0 Å². The number of rotatable bonds is 5. The van der Waals surface area contributed by atoms with Crippen LogP contribution < -0.4 is 14.2 Å². The fourth-order valence-electron chi connectivity index (χ4n) is 3.72. The van der Waals surface area contributed by atoms with Crippen LogP contribution in [-0.4, -0.2) is 18.8 Å². The molecule has 0 aliphatic carbocycles. The number of benzene rings is 2. The maximum Gasteiger partial charge on any atom is 0.133 e. The van der Waals surface area contributed by atoms with Crippen molar-refractivity contribution < 1.29 is 14.2 Å². The van der Waals surface area contributed by atoms with E-state index in [9.17, 15) is 4.91 Å². The highest BCUT2D eigenvalue weighted by Gasteiger charge is 2.30. The highest BCUT2D eigenvalue weighted by atomic mass is 16.5. The number of hydrogen-bond donors (Lipinski definition) is 0. The lowest BCUT2D eigenvalue weighted by molar-refractivity contribution is 0.0834.